The minimum absolute atomic E-state index is 0.0533. The molecule has 8 nitrogen and oxygen atoms in total. The second kappa shape index (κ2) is 6.76. The predicted octanol–water partition coefficient (Wildman–Crippen LogP) is 3.23. The molecule has 1 aromatic heterocycles. The van der Waals surface area contributed by atoms with Crippen molar-refractivity contribution < 1.29 is 18.6 Å². The summed E-state index contributed by atoms with van der Waals surface area (Å²) in [6.07, 6.45) is 0. The van der Waals surface area contributed by atoms with Crippen LogP contribution in [0.15, 0.2) is 47.0 Å². The number of nitrogens with zero attached hydrogens (tertiary/aromatic N) is 4. The summed E-state index contributed by atoms with van der Waals surface area (Å²) in [6.45, 7) is -0.180. The van der Waals surface area contributed by atoms with Gasteiger partial charge in [0.2, 0.25) is 5.82 Å². The van der Waals surface area contributed by atoms with Gasteiger partial charge in [-0.1, -0.05) is 23.4 Å². The Morgan fingerprint density at radius 3 is 2.88 bits per heavy atom. The van der Waals surface area contributed by atoms with Crippen LogP contribution in [-0.2, 0) is 6.61 Å². The molecule has 3 rings (SSSR count). The second-order valence-corrected chi connectivity index (χ2v) is 4.83. The van der Waals surface area contributed by atoms with Crippen molar-refractivity contribution in [2.45, 2.75) is 6.61 Å². The van der Waals surface area contributed by atoms with Crippen LogP contribution in [0.25, 0.3) is 11.4 Å². The van der Waals surface area contributed by atoms with Gasteiger partial charge in [-0.3, -0.25) is 10.1 Å². The lowest BCUT2D eigenvalue weighted by atomic mass is 10.2. The summed E-state index contributed by atoms with van der Waals surface area (Å²) in [5, 5.41) is 23.5. The molecule has 0 amide bonds. The van der Waals surface area contributed by atoms with E-state index in [1.807, 2.05) is 0 Å². The molecule has 0 aliphatic carbocycles. The Balaban J connectivity index is 1.77. The zero-order chi connectivity index (χ0) is 17.8. The summed E-state index contributed by atoms with van der Waals surface area (Å²) in [5.74, 6) is -0.405. The van der Waals surface area contributed by atoms with Gasteiger partial charge in [0.15, 0.2) is 6.61 Å². The van der Waals surface area contributed by atoms with Crippen LogP contribution in [0.1, 0.15) is 11.5 Å². The van der Waals surface area contributed by atoms with Crippen molar-refractivity contribution in [3.05, 3.63) is 69.9 Å². The maximum Gasteiger partial charge on any atom is 0.270 e. The fourth-order valence-corrected chi connectivity index (χ4v) is 2.06. The number of rotatable bonds is 5. The molecule has 0 spiro atoms. The van der Waals surface area contributed by atoms with E-state index in [2.05, 4.69) is 10.1 Å². The van der Waals surface area contributed by atoms with Crippen LogP contribution in [0.3, 0.4) is 0 Å². The summed E-state index contributed by atoms with van der Waals surface area (Å²) < 4.78 is 23.8. The van der Waals surface area contributed by atoms with Crippen molar-refractivity contribution in [1.82, 2.24) is 10.1 Å². The zero-order valence-corrected chi connectivity index (χ0v) is 12.5. The second-order valence-electron chi connectivity index (χ2n) is 4.83. The van der Waals surface area contributed by atoms with Gasteiger partial charge >= 0.3 is 0 Å². The van der Waals surface area contributed by atoms with Crippen molar-refractivity contribution in [3.8, 4) is 23.2 Å². The number of ether oxygens (including phenoxy) is 1. The molecule has 0 radical (unpaired) electrons. The van der Waals surface area contributed by atoms with Crippen LogP contribution >= 0.6 is 0 Å². The number of halogens is 1. The van der Waals surface area contributed by atoms with E-state index in [9.17, 15) is 14.5 Å². The van der Waals surface area contributed by atoms with Gasteiger partial charge in [-0.2, -0.15) is 10.2 Å². The zero-order valence-electron chi connectivity index (χ0n) is 12.5. The number of non-ortho nitro benzene ring substituents is 1. The van der Waals surface area contributed by atoms with Crippen LogP contribution in [0.5, 0.6) is 5.75 Å². The smallest absolute Gasteiger partial charge is 0.270 e. The molecule has 0 aliphatic rings. The van der Waals surface area contributed by atoms with Crippen molar-refractivity contribution in [1.29, 1.82) is 5.26 Å². The average molecular weight is 340 g/mol. The van der Waals surface area contributed by atoms with Gasteiger partial charge in [0, 0.05) is 17.7 Å². The number of hydrogen-bond donors (Lipinski definition) is 0. The molecule has 0 unspecified atom stereocenters. The molecule has 25 heavy (non-hydrogen) atoms. The summed E-state index contributed by atoms with van der Waals surface area (Å²) in [6, 6.07) is 11.5. The maximum atomic E-state index is 13.5. The lowest BCUT2D eigenvalue weighted by molar-refractivity contribution is -0.384. The molecule has 124 valence electrons. The highest BCUT2D eigenvalue weighted by Gasteiger charge is 2.14. The van der Waals surface area contributed by atoms with Crippen LogP contribution < -0.4 is 4.74 Å². The number of nitro benzene ring substituents is 1. The van der Waals surface area contributed by atoms with Gasteiger partial charge in [-0.25, -0.2) is 4.39 Å². The summed E-state index contributed by atoms with van der Waals surface area (Å²) in [4.78, 5) is 14.3. The van der Waals surface area contributed by atoms with E-state index in [4.69, 9.17) is 14.5 Å². The highest BCUT2D eigenvalue weighted by molar-refractivity contribution is 5.58. The van der Waals surface area contributed by atoms with E-state index in [0.717, 1.165) is 6.07 Å². The fourth-order valence-electron chi connectivity index (χ4n) is 2.06. The third-order valence-electron chi connectivity index (χ3n) is 3.22. The van der Waals surface area contributed by atoms with E-state index >= 15 is 0 Å². The lowest BCUT2D eigenvalue weighted by Gasteiger charge is -2.05. The van der Waals surface area contributed by atoms with Crippen molar-refractivity contribution in [2.24, 2.45) is 0 Å². The maximum absolute atomic E-state index is 13.5. The van der Waals surface area contributed by atoms with Crippen molar-refractivity contribution >= 4 is 5.69 Å². The molecule has 2 aromatic carbocycles. The molecular weight excluding hydrogens is 331 g/mol. The first-order chi connectivity index (χ1) is 12.1. The lowest BCUT2D eigenvalue weighted by Crippen LogP contribution is -1.99. The Hall–Kier alpha value is -3.80. The Bertz CT molecular complexity index is 980. The Morgan fingerprint density at radius 1 is 1.32 bits per heavy atom. The van der Waals surface area contributed by atoms with Gasteiger partial charge < -0.3 is 9.26 Å². The average Bonchev–Trinajstić information content (AvgIpc) is 3.09. The van der Waals surface area contributed by atoms with Crippen molar-refractivity contribution in [2.75, 3.05) is 0 Å². The standard InChI is InChI=1S/C16H9FN4O4/c17-13-5-2-6-14(12(13)8-18)24-9-15-19-16(20-25-15)10-3-1-4-11(7-10)21(22)23/h1-7H,9H2. The number of benzene rings is 2. The monoisotopic (exact) mass is 340 g/mol. The topological polar surface area (TPSA) is 115 Å². The Labute approximate surface area is 140 Å². The highest BCUT2D eigenvalue weighted by atomic mass is 19.1. The van der Waals surface area contributed by atoms with Crippen molar-refractivity contribution in [3.63, 3.8) is 0 Å². The highest BCUT2D eigenvalue weighted by Crippen LogP contribution is 2.23. The van der Waals surface area contributed by atoms with E-state index in [1.165, 1.54) is 30.3 Å². The van der Waals surface area contributed by atoms with Gasteiger partial charge in [0.1, 0.15) is 23.2 Å². The minimum Gasteiger partial charge on any atom is -0.482 e. The summed E-state index contributed by atoms with van der Waals surface area (Å²) in [7, 11) is 0. The van der Waals surface area contributed by atoms with Crippen LogP contribution in [0.2, 0.25) is 0 Å². The molecule has 0 fully saturated rings. The third kappa shape index (κ3) is 3.42. The summed E-state index contributed by atoms with van der Waals surface area (Å²) in [5.41, 5.74) is 0.0899. The van der Waals surface area contributed by atoms with Gasteiger partial charge in [-0.15, -0.1) is 0 Å². The molecule has 0 saturated heterocycles. The molecule has 9 heteroatoms. The first-order valence-corrected chi connectivity index (χ1v) is 6.97. The molecule has 0 bridgehead atoms. The SMILES string of the molecule is N#Cc1c(F)cccc1OCc1nc(-c2cccc([N+](=O)[O-])c2)no1. The first-order valence-electron chi connectivity index (χ1n) is 6.97. The van der Waals surface area contributed by atoms with Crippen LogP contribution in [0, 0.1) is 27.3 Å². The minimum atomic E-state index is -0.692. The number of nitro groups is 1. The van der Waals surface area contributed by atoms with Crippen LogP contribution in [-0.4, -0.2) is 15.1 Å². The molecule has 0 atom stereocenters. The molecular formula is C16H9FN4O4. The number of hydrogen-bond acceptors (Lipinski definition) is 7. The predicted molar refractivity (Wildman–Crippen MR) is 81.8 cm³/mol. The van der Waals surface area contributed by atoms with Gasteiger partial charge in [0.25, 0.3) is 11.6 Å². The van der Waals surface area contributed by atoms with Gasteiger partial charge in [-0.05, 0) is 12.1 Å². The third-order valence-corrected chi connectivity index (χ3v) is 3.22. The van der Waals surface area contributed by atoms with E-state index in [0.29, 0.717) is 5.56 Å². The molecule has 3 aromatic rings. The fraction of sp³-hybridized carbons (Fsp3) is 0.0625. The van der Waals surface area contributed by atoms with E-state index < -0.39 is 10.7 Å². The quantitative estimate of drug-likeness (QED) is 0.517. The molecule has 1 heterocycles. The largest absolute Gasteiger partial charge is 0.482 e. The summed E-state index contributed by atoms with van der Waals surface area (Å²) >= 11 is 0. The normalized spacial score (nSPS) is 10.2. The Kier molecular flexibility index (Phi) is 4.34. The Morgan fingerprint density at radius 2 is 2.12 bits per heavy atom. The van der Waals surface area contributed by atoms with Crippen LogP contribution in [0.4, 0.5) is 10.1 Å². The van der Waals surface area contributed by atoms with E-state index in [1.54, 1.807) is 12.1 Å². The molecule has 0 aliphatic heterocycles. The first kappa shape index (κ1) is 16.1. The molecule has 0 saturated carbocycles. The van der Waals surface area contributed by atoms with E-state index in [-0.39, 0.29) is 35.3 Å². The molecule has 0 N–H and O–H groups in total. The number of aromatic nitrogens is 2. The van der Waals surface area contributed by atoms with Gasteiger partial charge in [0.05, 0.1) is 4.92 Å². The number of nitriles is 1.